The molecule has 1 N–H and O–H groups in total. The number of sulfonamides is 1. The molecule has 2 amide bonds. The van der Waals surface area contributed by atoms with Crippen LogP contribution in [-0.4, -0.2) is 45.4 Å². The lowest BCUT2D eigenvalue weighted by Crippen LogP contribution is -2.43. The van der Waals surface area contributed by atoms with Gasteiger partial charge in [-0.2, -0.15) is 4.31 Å². The van der Waals surface area contributed by atoms with E-state index >= 15 is 0 Å². The lowest BCUT2D eigenvalue weighted by atomic mass is 10.1. The summed E-state index contributed by atoms with van der Waals surface area (Å²) in [5, 5.41) is 2.44. The molecular formula is C14H20N2O5S. The molecule has 0 unspecified atom stereocenters. The number of rotatable bonds is 4. The molecule has 0 aliphatic carbocycles. The summed E-state index contributed by atoms with van der Waals surface area (Å²) in [4.78, 5) is 12.2. The molecule has 0 saturated carbocycles. The molecule has 1 aromatic carbocycles. The van der Waals surface area contributed by atoms with Crippen LogP contribution in [0.1, 0.15) is 16.7 Å². The molecule has 8 heteroatoms. The van der Waals surface area contributed by atoms with E-state index in [-0.39, 0.29) is 4.90 Å². The molecule has 2 atom stereocenters. The number of hydrogen-bond acceptors (Lipinski definition) is 5. The highest BCUT2D eigenvalue weighted by Gasteiger charge is 2.48. The van der Waals surface area contributed by atoms with Crippen LogP contribution in [-0.2, 0) is 19.5 Å². The normalized spacial score (nSPS) is 22.0. The minimum absolute atomic E-state index is 0.118. The predicted octanol–water partition coefficient (Wildman–Crippen LogP) is 1.27. The Hall–Kier alpha value is -1.64. The summed E-state index contributed by atoms with van der Waals surface area (Å²) in [7, 11) is -1.36. The van der Waals surface area contributed by atoms with E-state index in [1.807, 2.05) is 6.92 Å². The van der Waals surface area contributed by atoms with Crippen molar-refractivity contribution in [2.45, 2.75) is 38.1 Å². The number of amides is 2. The fourth-order valence-electron chi connectivity index (χ4n) is 2.81. The van der Waals surface area contributed by atoms with Gasteiger partial charge in [-0.1, -0.05) is 17.7 Å². The Morgan fingerprint density at radius 2 is 1.64 bits per heavy atom. The highest BCUT2D eigenvalue weighted by Crippen LogP contribution is 2.29. The van der Waals surface area contributed by atoms with Crippen molar-refractivity contribution in [1.82, 2.24) is 9.62 Å². The molecule has 22 heavy (non-hydrogen) atoms. The van der Waals surface area contributed by atoms with Crippen LogP contribution in [0.5, 0.6) is 0 Å². The van der Waals surface area contributed by atoms with Gasteiger partial charge in [0.25, 0.3) is 10.0 Å². The van der Waals surface area contributed by atoms with E-state index in [0.717, 1.165) is 5.56 Å². The second-order valence-corrected chi connectivity index (χ2v) is 7.01. The number of carbonyl (C=O) groups is 1. The van der Waals surface area contributed by atoms with E-state index in [2.05, 4.69) is 5.32 Å². The van der Waals surface area contributed by atoms with Crippen molar-refractivity contribution in [3.63, 3.8) is 0 Å². The molecule has 122 valence electrons. The first kappa shape index (κ1) is 16.7. The van der Waals surface area contributed by atoms with Crippen LogP contribution in [0.4, 0.5) is 4.79 Å². The molecular weight excluding hydrogens is 308 g/mol. The minimum Gasteiger partial charge on any atom is -0.357 e. The highest BCUT2D eigenvalue weighted by atomic mass is 32.2. The first-order chi connectivity index (χ1) is 10.2. The smallest absolute Gasteiger partial charge is 0.335 e. The van der Waals surface area contributed by atoms with Crippen molar-refractivity contribution in [3.05, 3.63) is 28.8 Å². The zero-order valence-electron chi connectivity index (χ0n) is 13.2. The summed E-state index contributed by atoms with van der Waals surface area (Å²) >= 11 is 0. The number of carbonyl (C=O) groups excluding carboxylic acids is 1. The summed E-state index contributed by atoms with van der Waals surface area (Å²) in [6.07, 6.45) is -1.90. The first-order valence-corrected chi connectivity index (χ1v) is 8.16. The van der Waals surface area contributed by atoms with Gasteiger partial charge in [-0.15, -0.1) is 0 Å². The zero-order chi connectivity index (χ0) is 16.7. The van der Waals surface area contributed by atoms with Crippen LogP contribution in [0.15, 0.2) is 17.0 Å². The van der Waals surface area contributed by atoms with Crippen molar-refractivity contribution in [3.8, 4) is 0 Å². The molecule has 0 radical (unpaired) electrons. The van der Waals surface area contributed by atoms with E-state index < -0.39 is 28.5 Å². The van der Waals surface area contributed by atoms with Crippen LogP contribution in [0.2, 0.25) is 0 Å². The molecule has 0 aromatic heterocycles. The molecule has 2 rings (SSSR count). The van der Waals surface area contributed by atoms with Gasteiger partial charge in [0.05, 0.1) is 4.90 Å². The van der Waals surface area contributed by atoms with Gasteiger partial charge in [0.1, 0.15) is 0 Å². The van der Waals surface area contributed by atoms with Gasteiger partial charge in [0, 0.05) is 14.2 Å². The van der Waals surface area contributed by atoms with Crippen LogP contribution in [0.25, 0.3) is 0 Å². The lowest BCUT2D eigenvalue weighted by molar-refractivity contribution is -0.0580. The van der Waals surface area contributed by atoms with E-state index in [9.17, 15) is 13.2 Å². The van der Waals surface area contributed by atoms with Crippen LogP contribution >= 0.6 is 0 Å². The third-order valence-corrected chi connectivity index (χ3v) is 5.62. The quantitative estimate of drug-likeness (QED) is 0.900. The number of methoxy groups -OCH3 is 2. The Labute approximate surface area is 130 Å². The maximum Gasteiger partial charge on any atom is 0.335 e. The lowest BCUT2D eigenvalue weighted by Gasteiger charge is -2.25. The summed E-state index contributed by atoms with van der Waals surface area (Å²) in [5.41, 5.74) is 2.12. The molecule has 1 saturated heterocycles. The van der Waals surface area contributed by atoms with Crippen LogP contribution in [0.3, 0.4) is 0 Å². The summed E-state index contributed by atoms with van der Waals surface area (Å²) in [6.45, 7) is 5.30. The molecule has 0 bridgehead atoms. The maximum atomic E-state index is 13.0. The van der Waals surface area contributed by atoms with Gasteiger partial charge in [0.2, 0.25) is 0 Å². The van der Waals surface area contributed by atoms with Crippen molar-refractivity contribution in [2.24, 2.45) is 0 Å². The van der Waals surface area contributed by atoms with Crippen LogP contribution in [0, 0.1) is 20.8 Å². The molecule has 1 aromatic rings. The Morgan fingerprint density at radius 3 is 2.09 bits per heavy atom. The fourth-order valence-corrected chi connectivity index (χ4v) is 4.68. The van der Waals surface area contributed by atoms with Gasteiger partial charge in [-0.05, 0) is 31.9 Å². The predicted molar refractivity (Wildman–Crippen MR) is 79.8 cm³/mol. The summed E-state index contributed by atoms with van der Waals surface area (Å²) in [5.74, 6) is 0. The summed E-state index contributed by atoms with van der Waals surface area (Å²) in [6, 6.07) is 2.77. The van der Waals surface area contributed by atoms with E-state index in [1.165, 1.54) is 14.2 Å². The molecule has 1 heterocycles. The third kappa shape index (κ3) is 2.57. The molecule has 1 aliphatic rings. The fraction of sp³-hybridized carbons (Fsp3) is 0.500. The monoisotopic (exact) mass is 328 g/mol. The number of nitrogens with zero attached hydrogens (tertiary/aromatic N) is 1. The van der Waals surface area contributed by atoms with Gasteiger partial charge in [-0.25, -0.2) is 13.2 Å². The van der Waals surface area contributed by atoms with E-state index in [4.69, 9.17) is 9.47 Å². The topological polar surface area (TPSA) is 84.9 Å². The number of ether oxygens (including phenoxy) is 2. The Morgan fingerprint density at radius 1 is 1.09 bits per heavy atom. The highest BCUT2D eigenvalue weighted by molar-refractivity contribution is 7.89. The number of nitrogens with one attached hydrogen (secondary N) is 1. The number of hydrogen-bond donors (Lipinski definition) is 1. The van der Waals surface area contributed by atoms with Crippen molar-refractivity contribution in [2.75, 3.05) is 14.2 Å². The molecule has 1 fully saturated rings. The SMILES string of the molecule is CO[C@H]1NC(=O)N(S(=O)(=O)c2c(C)cc(C)cc2C)[C@@H]1OC. The minimum atomic E-state index is -4.05. The zero-order valence-corrected chi connectivity index (χ0v) is 14.0. The number of benzene rings is 1. The maximum absolute atomic E-state index is 13.0. The van der Waals surface area contributed by atoms with Gasteiger partial charge < -0.3 is 14.8 Å². The van der Waals surface area contributed by atoms with E-state index in [0.29, 0.717) is 15.4 Å². The molecule has 7 nitrogen and oxygen atoms in total. The second-order valence-electron chi connectivity index (χ2n) is 5.26. The Bertz CT molecular complexity index is 678. The first-order valence-electron chi connectivity index (χ1n) is 6.72. The average molecular weight is 328 g/mol. The molecule has 0 spiro atoms. The standard InChI is InChI=1S/C14H20N2O5S/c1-8-6-9(2)11(10(3)7-8)22(18,19)16-13(21-5)12(20-4)15-14(16)17/h6-7,12-13H,1-5H3,(H,15,17)/t12-,13-/m1/s1. The second kappa shape index (κ2) is 5.86. The van der Waals surface area contributed by atoms with Crippen LogP contribution < -0.4 is 5.32 Å². The Balaban J connectivity index is 2.58. The number of aryl methyl sites for hydroxylation is 3. The molecule has 1 aliphatic heterocycles. The average Bonchev–Trinajstić information content (AvgIpc) is 2.73. The summed E-state index contributed by atoms with van der Waals surface area (Å²) < 4.78 is 36.8. The van der Waals surface area contributed by atoms with Gasteiger partial charge in [0.15, 0.2) is 12.5 Å². The third-order valence-electron chi connectivity index (χ3n) is 3.57. The number of urea groups is 1. The van der Waals surface area contributed by atoms with E-state index in [1.54, 1.807) is 26.0 Å². The van der Waals surface area contributed by atoms with Crippen molar-refractivity contribution < 1.29 is 22.7 Å². The Kier molecular flexibility index (Phi) is 4.46. The van der Waals surface area contributed by atoms with Crippen molar-refractivity contribution in [1.29, 1.82) is 0 Å². The van der Waals surface area contributed by atoms with Crippen molar-refractivity contribution >= 4 is 16.1 Å². The largest absolute Gasteiger partial charge is 0.357 e. The van der Waals surface area contributed by atoms with Gasteiger partial charge >= 0.3 is 6.03 Å². The van der Waals surface area contributed by atoms with Gasteiger partial charge in [-0.3, -0.25) is 0 Å².